The molecule has 88 valence electrons. The fraction of sp³-hybridized carbons (Fsp3) is 0.462. The van der Waals surface area contributed by atoms with Crippen LogP contribution in [0.4, 0.5) is 0 Å². The number of methoxy groups -OCH3 is 1. The Morgan fingerprint density at radius 2 is 1.94 bits per heavy atom. The van der Waals surface area contributed by atoms with Gasteiger partial charge in [0.15, 0.2) is 5.78 Å². The van der Waals surface area contributed by atoms with E-state index in [1.54, 1.807) is 7.11 Å². The summed E-state index contributed by atoms with van der Waals surface area (Å²) in [4.78, 5) is 11.3. The summed E-state index contributed by atoms with van der Waals surface area (Å²) in [5.74, 6) is 0.988. The average Bonchev–Trinajstić information content (AvgIpc) is 2.34. The second-order valence-corrected chi connectivity index (χ2v) is 3.52. The van der Waals surface area contributed by atoms with Crippen molar-refractivity contribution in [3.8, 4) is 5.75 Å². The zero-order chi connectivity index (χ0) is 11.8. The van der Waals surface area contributed by atoms with Crippen molar-refractivity contribution in [3.05, 3.63) is 29.8 Å². The highest BCUT2D eigenvalue weighted by atomic mass is 16.5. The molecule has 1 rings (SSSR count). The van der Waals surface area contributed by atoms with Crippen molar-refractivity contribution in [1.29, 1.82) is 0 Å². The maximum atomic E-state index is 11.3. The second kappa shape index (κ2) is 7.01. The normalized spacial score (nSPS) is 10.1. The smallest absolute Gasteiger partial charge is 0.158 e. The van der Waals surface area contributed by atoms with Gasteiger partial charge in [0.25, 0.3) is 0 Å². The number of hydrogen-bond donors (Lipinski definition) is 0. The first-order chi connectivity index (χ1) is 7.76. The molecule has 0 fully saturated rings. The van der Waals surface area contributed by atoms with E-state index in [-0.39, 0.29) is 12.4 Å². The molecule has 0 aliphatic carbocycles. The van der Waals surface area contributed by atoms with Gasteiger partial charge in [-0.3, -0.25) is 4.79 Å². The summed E-state index contributed by atoms with van der Waals surface area (Å²) in [5, 5.41) is 0. The molecular weight excluding hydrogens is 204 g/mol. The van der Waals surface area contributed by atoms with Crippen molar-refractivity contribution >= 4 is 5.78 Å². The van der Waals surface area contributed by atoms with Gasteiger partial charge >= 0.3 is 0 Å². The van der Waals surface area contributed by atoms with Crippen LogP contribution in [0.3, 0.4) is 0 Å². The van der Waals surface area contributed by atoms with Crippen LogP contribution in [0, 0.1) is 0 Å². The molecule has 1 aromatic carbocycles. The van der Waals surface area contributed by atoms with E-state index in [9.17, 15) is 4.79 Å². The number of hydrogen-bond acceptors (Lipinski definition) is 3. The molecular formula is C13H18O3. The summed E-state index contributed by atoms with van der Waals surface area (Å²) < 4.78 is 10.1. The van der Waals surface area contributed by atoms with Crippen LogP contribution >= 0.6 is 0 Å². The highest BCUT2D eigenvalue weighted by Crippen LogP contribution is 2.12. The van der Waals surface area contributed by atoms with Crippen LogP contribution in [0.25, 0.3) is 0 Å². The summed E-state index contributed by atoms with van der Waals surface area (Å²) in [7, 11) is 1.64. The molecule has 0 aliphatic heterocycles. The van der Waals surface area contributed by atoms with Gasteiger partial charge in [0.05, 0.1) is 7.11 Å². The van der Waals surface area contributed by atoms with Crippen molar-refractivity contribution < 1.29 is 14.3 Å². The highest BCUT2D eigenvalue weighted by molar-refractivity contribution is 5.79. The number of rotatable bonds is 7. The van der Waals surface area contributed by atoms with Gasteiger partial charge in [0.1, 0.15) is 12.4 Å². The summed E-state index contributed by atoms with van der Waals surface area (Å²) in [6.07, 6.45) is 1.29. The van der Waals surface area contributed by atoms with Crippen LogP contribution in [0.1, 0.15) is 18.9 Å². The predicted octanol–water partition coefficient (Wildman–Crippen LogP) is 2.23. The van der Waals surface area contributed by atoms with Crippen molar-refractivity contribution in [3.63, 3.8) is 0 Å². The minimum absolute atomic E-state index is 0.151. The van der Waals surface area contributed by atoms with E-state index < -0.39 is 0 Å². The monoisotopic (exact) mass is 222 g/mol. The van der Waals surface area contributed by atoms with Gasteiger partial charge in [-0.05, 0) is 31.0 Å². The van der Waals surface area contributed by atoms with E-state index in [2.05, 4.69) is 0 Å². The average molecular weight is 222 g/mol. The van der Waals surface area contributed by atoms with Crippen LogP contribution in [-0.4, -0.2) is 26.1 Å². The van der Waals surface area contributed by atoms with Crippen LogP contribution in [0.5, 0.6) is 5.75 Å². The molecule has 0 bridgehead atoms. The van der Waals surface area contributed by atoms with Crippen molar-refractivity contribution in [1.82, 2.24) is 0 Å². The van der Waals surface area contributed by atoms with Crippen molar-refractivity contribution in [2.75, 3.05) is 20.3 Å². The van der Waals surface area contributed by atoms with E-state index in [1.165, 1.54) is 0 Å². The number of ketones is 1. The molecule has 0 aliphatic rings. The Bertz CT molecular complexity index is 316. The van der Waals surface area contributed by atoms with Gasteiger partial charge in [0.2, 0.25) is 0 Å². The van der Waals surface area contributed by atoms with E-state index in [4.69, 9.17) is 9.47 Å². The minimum atomic E-state index is 0.151. The molecule has 3 nitrogen and oxygen atoms in total. The molecule has 1 aromatic rings. The first-order valence-corrected chi connectivity index (χ1v) is 5.48. The Hall–Kier alpha value is -1.35. The van der Waals surface area contributed by atoms with Crippen molar-refractivity contribution in [2.24, 2.45) is 0 Å². The Balaban J connectivity index is 2.33. The maximum absolute atomic E-state index is 11.3. The fourth-order valence-electron chi connectivity index (χ4n) is 1.36. The highest BCUT2D eigenvalue weighted by Gasteiger charge is 2.02. The standard InChI is InChI=1S/C13H18O3/c1-3-16-10-12(14)7-4-11-5-8-13(15-2)9-6-11/h5-6,8-9H,3-4,7,10H2,1-2H3. The number of ether oxygens (including phenoxy) is 2. The topological polar surface area (TPSA) is 35.5 Å². The van der Waals surface area contributed by atoms with E-state index >= 15 is 0 Å². The van der Waals surface area contributed by atoms with Gasteiger partial charge in [0, 0.05) is 13.0 Å². The van der Waals surface area contributed by atoms with Crippen LogP contribution in [0.15, 0.2) is 24.3 Å². The molecule has 0 unspecified atom stereocenters. The zero-order valence-corrected chi connectivity index (χ0v) is 9.86. The number of carbonyl (C=O) groups is 1. The summed E-state index contributed by atoms with van der Waals surface area (Å²) in [6, 6.07) is 7.77. The number of benzene rings is 1. The number of Topliss-reactive ketones (excluding diaryl/α,β-unsaturated/α-hetero) is 1. The number of aryl methyl sites for hydroxylation is 1. The molecule has 0 amide bonds. The molecule has 0 radical (unpaired) electrons. The molecule has 0 saturated heterocycles. The van der Waals surface area contributed by atoms with Crippen molar-refractivity contribution in [2.45, 2.75) is 19.8 Å². The summed E-state index contributed by atoms with van der Waals surface area (Å²) >= 11 is 0. The van der Waals surface area contributed by atoms with Crippen LogP contribution in [0.2, 0.25) is 0 Å². The lowest BCUT2D eigenvalue weighted by Crippen LogP contribution is -2.09. The zero-order valence-electron chi connectivity index (χ0n) is 9.86. The predicted molar refractivity (Wildman–Crippen MR) is 62.8 cm³/mol. The third kappa shape index (κ3) is 4.45. The quantitative estimate of drug-likeness (QED) is 0.709. The third-order valence-electron chi connectivity index (χ3n) is 2.32. The Morgan fingerprint density at radius 1 is 1.25 bits per heavy atom. The van der Waals surface area contributed by atoms with E-state index in [0.717, 1.165) is 17.7 Å². The molecule has 3 heteroatoms. The van der Waals surface area contributed by atoms with Crippen LogP contribution in [-0.2, 0) is 16.0 Å². The summed E-state index contributed by atoms with van der Waals surface area (Å²) in [6.45, 7) is 2.71. The fourth-order valence-corrected chi connectivity index (χ4v) is 1.36. The van der Waals surface area contributed by atoms with Gasteiger partial charge in [-0.1, -0.05) is 12.1 Å². The maximum Gasteiger partial charge on any atom is 0.158 e. The lowest BCUT2D eigenvalue weighted by molar-refractivity contribution is -0.123. The largest absolute Gasteiger partial charge is 0.497 e. The molecule has 0 N–H and O–H groups in total. The second-order valence-electron chi connectivity index (χ2n) is 3.52. The van der Waals surface area contributed by atoms with Gasteiger partial charge in [-0.2, -0.15) is 0 Å². The van der Waals surface area contributed by atoms with Crippen LogP contribution < -0.4 is 4.74 Å². The molecule has 0 heterocycles. The third-order valence-corrected chi connectivity index (χ3v) is 2.32. The lowest BCUT2D eigenvalue weighted by Gasteiger charge is -2.03. The van der Waals surface area contributed by atoms with Gasteiger partial charge < -0.3 is 9.47 Å². The van der Waals surface area contributed by atoms with Gasteiger partial charge in [-0.15, -0.1) is 0 Å². The van der Waals surface area contributed by atoms with E-state index in [0.29, 0.717) is 13.0 Å². The first kappa shape index (κ1) is 12.7. The SMILES string of the molecule is CCOCC(=O)CCc1ccc(OC)cc1. The molecule has 0 spiro atoms. The molecule has 0 aromatic heterocycles. The molecule has 0 atom stereocenters. The Morgan fingerprint density at radius 3 is 2.50 bits per heavy atom. The Labute approximate surface area is 96.4 Å². The first-order valence-electron chi connectivity index (χ1n) is 5.48. The van der Waals surface area contributed by atoms with Gasteiger partial charge in [-0.25, -0.2) is 0 Å². The number of carbonyl (C=O) groups excluding carboxylic acids is 1. The molecule has 16 heavy (non-hydrogen) atoms. The molecule has 0 saturated carbocycles. The Kier molecular flexibility index (Phi) is 5.57. The van der Waals surface area contributed by atoms with E-state index in [1.807, 2.05) is 31.2 Å². The summed E-state index contributed by atoms with van der Waals surface area (Å²) in [5.41, 5.74) is 1.14. The minimum Gasteiger partial charge on any atom is -0.497 e. The lowest BCUT2D eigenvalue weighted by atomic mass is 10.1.